The Balaban J connectivity index is 1.93. The van der Waals surface area contributed by atoms with Crippen molar-refractivity contribution in [2.45, 2.75) is 25.8 Å². The Morgan fingerprint density at radius 3 is 2.60 bits per heavy atom. The molecule has 20 heavy (non-hydrogen) atoms. The molecule has 4 N–H and O–H groups in total. The molecule has 0 aliphatic carbocycles. The van der Waals surface area contributed by atoms with Crippen LogP contribution in [0.5, 0.6) is 0 Å². The van der Waals surface area contributed by atoms with Crippen molar-refractivity contribution in [1.82, 2.24) is 10.3 Å². The van der Waals surface area contributed by atoms with Crippen molar-refractivity contribution in [3.8, 4) is 0 Å². The van der Waals surface area contributed by atoms with Crippen LogP contribution in [-0.4, -0.2) is 36.1 Å². The van der Waals surface area contributed by atoms with Crippen LogP contribution in [0.1, 0.15) is 19.8 Å². The summed E-state index contributed by atoms with van der Waals surface area (Å²) in [6.45, 7) is 3.61. The molecule has 2 rings (SSSR count). The molecule has 3 amide bonds. The van der Waals surface area contributed by atoms with Gasteiger partial charge in [0.1, 0.15) is 11.9 Å². The first-order valence-electron chi connectivity index (χ1n) is 6.64. The van der Waals surface area contributed by atoms with E-state index in [1.807, 2.05) is 6.07 Å². The number of carbonyl (C=O) groups excluding carboxylic acids is 2. The number of urea groups is 1. The topological polar surface area (TPSA) is 100 Å². The predicted octanol–water partition coefficient (Wildman–Crippen LogP) is 0.677. The van der Waals surface area contributed by atoms with Gasteiger partial charge in [-0.25, -0.2) is 9.78 Å². The minimum absolute atomic E-state index is 0.334. The standard InChI is InChI=1S/C13H19N5O2/c1-9(16-13(14)20)12(19)17-10-4-5-11(15-8-10)18-6-2-3-7-18/h4-5,8-9H,2-3,6-7H2,1H3,(H,17,19)(H3,14,16,20)/t9-/m0/s1. The highest BCUT2D eigenvalue weighted by Gasteiger charge is 2.15. The van der Waals surface area contributed by atoms with Crippen LogP contribution in [0.2, 0.25) is 0 Å². The van der Waals surface area contributed by atoms with Gasteiger partial charge >= 0.3 is 6.03 Å². The second-order valence-corrected chi connectivity index (χ2v) is 4.82. The molecule has 0 bridgehead atoms. The highest BCUT2D eigenvalue weighted by Crippen LogP contribution is 2.19. The number of anilines is 2. The Bertz CT molecular complexity index is 482. The maximum atomic E-state index is 11.8. The molecule has 0 aromatic carbocycles. The first-order valence-corrected chi connectivity index (χ1v) is 6.64. The minimum atomic E-state index is -0.727. The van der Waals surface area contributed by atoms with Crippen LogP contribution in [0.15, 0.2) is 18.3 Å². The summed E-state index contributed by atoms with van der Waals surface area (Å²) in [4.78, 5) is 29.0. The summed E-state index contributed by atoms with van der Waals surface area (Å²) in [6.07, 6.45) is 4.00. The lowest BCUT2D eigenvalue weighted by atomic mass is 10.3. The highest BCUT2D eigenvalue weighted by molar-refractivity contribution is 5.96. The summed E-state index contributed by atoms with van der Waals surface area (Å²) >= 11 is 0. The zero-order valence-corrected chi connectivity index (χ0v) is 11.4. The first kappa shape index (κ1) is 14.1. The molecule has 0 unspecified atom stereocenters. The van der Waals surface area contributed by atoms with Gasteiger partial charge in [0.15, 0.2) is 0 Å². The van der Waals surface area contributed by atoms with E-state index in [4.69, 9.17) is 5.73 Å². The lowest BCUT2D eigenvalue weighted by molar-refractivity contribution is -0.117. The summed E-state index contributed by atoms with van der Waals surface area (Å²) in [6, 6.07) is 2.27. The molecule has 7 heteroatoms. The van der Waals surface area contributed by atoms with Crippen molar-refractivity contribution >= 4 is 23.4 Å². The molecular formula is C13H19N5O2. The van der Waals surface area contributed by atoms with Crippen LogP contribution in [-0.2, 0) is 4.79 Å². The van der Waals surface area contributed by atoms with E-state index < -0.39 is 12.1 Å². The van der Waals surface area contributed by atoms with E-state index in [1.165, 1.54) is 12.8 Å². The molecule has 2 heterocycles. The molecule has 1 saturated heterocycles. The molecule has 108 valence electrons. The number of pyridine rings is 1. The predicted molar refractivity (Wildman–Crippen MR) is 76.5 cm³/mol. The minimum Gasteiger partial charge on any atom is -0.357 e. The third-order valence-corrected chi connectivity index (χ3v) is 3.20. The van der Waals surface area contributed by atoms with E-state index in [1.54, 1.807) is 19.2 Å². The van der Waals surface area contributed by atoms with Crippen molar-refractivity contribution in [3.05, 3.63) is 18.3 Å². The number of hydrogen-bond acceptors (Lipinski definition) is 4. The number of carbonyl (C=O) groups is 2. The molecular weight excluding hydrogens is 258 g/mol. The monoisotopic (exact) mass is 277 g/mol. The fraction of sp³-hybridized carbons (Fsp3) is 0.462. The number of primary amides is 1. The van der Waals surface area contributed by atoms with Gasteiger partial charge in [0.2, 0.25) is 5.91 Å². The summed E-state index contributed by atoms with van der Waals surface area (Å²) in [5.41, 5.74) is 5.56. The largest absolute Gasteiger partial charge is 0.357 e. The normalized spacial score (nSPS) is 15.8. The van der Waals surface area contributed by atoms with Gasteiger partial charge in [-0.05, 0) is 31.9 Å². The van der Waals surface area contributed by atoms with Crippen molar-refractivity contribution in [3.63, 3.8) is 0 Å². The number of nitrogens with one attached hydrogen (secondary N) is 2. The van der Waals surface area contributed by atoms with Crippen LogP contribution in [0.4, 0.5) is 16.3 Å². The molecule has 1 aliphatic heterocycles. The van der Waals surface area contributed by atoms with Crippen LogP contribution in [0.25, 0.3) is 0 Å². The highest BCUT2D eigenvalue weighted by atomic mass is 16.2. The van der Waals surface area contributed by atoms with Gasteiger partial charge in [-0.1, -0.05) is 0 Å². The van der Waals surface area contributed by atoms with Crippen LogP contribution in [0.3, 0.4) is 0 Å². The van der Waals surface area contributed by atoms with Crippen molar-refractivity contribution in [1.29, 1.82) is 0 Å². The molecule has 0 spiro atoms. The van der Waals surface area contributed by atoms with Gasteiger partial charge in [-0.2, -0.15) is 0 Å². The van der Waals surface area contributed by atoms with E-state index >= 15 is 0 Å². The third kappa shape index (κ3) is 3.59. The molecule has 1 aliphatic rings. The van der Waals surface area contributed by atoms with E-state index in [0.717, 1.165) is 18.9 Å². The first-order chi connectivity index (χ1) is 9.56. The smallest absolute Gasteiger partial charge is 0.312 e. The zero-order chi connectivity index (χ0) is 14.5. The second kappa shape index (κ2) is 6.23. The number of nitrogens with zero attached hydrogens (tertiary/aromatic N) is 2. The van der Waals surface area contributed by atoms with Crippen LogP contribution in [0, 0.1) is 0 Å². The van der Waals surface area contributed by atoms with E-state index in [0.29, 0.717) is 5.69 Å². The molecule has 1 aromatic rings. The summed E-state index contributed by atoms with van der Waals surface area (Å²) < 4.78 is 0. The number of hydrogen-bond donors (Lipinski definition) is 3. The SMILES string of the molecule is C[C@H](NC(N)=O)C(=O)Nc1ccc(N2CCCC2)nc1. The fourth-order valence-electron chi connectivity index (χ4n) is 2.12. The van der Waals surface area contributed by atoms with Crippen molar-refractivity contribution < 1.29 is 9.59 Å². The number of aromatic nitrogens is 1. The van der Waals surface area contributed by atoms with Gasteiger partial charge in [-0.3, -0.25) is 4.79 Å². The quantitative estimate of drug-likeness (QED) is 0.753. The van der Waals surface area contributed by atoms with Crippen molar-refractivity contribution in [2.24, 2.45) is 5.73 Å². The Labute approximate surface area is 117 Å². The molecule has 0 saturated carbocycles. The Morgan fingerprint density at radius 2 is 2.05 bits per heavy atom. The lowest BCUT2D eigenvalue weighted by Gasteiger charge is -2.17. The second-order valence-electron chi connectivity index (χ2n) is 4.82. The summed E-state index contributed by atoms with van der Waals surface area (Å²) in [5, 5.41) is 4.99. The fourth-order valence-corrected chi connectivity index (χ4v) is 2.12. The Kier molecular flexibility index (Phi) is 4.39. The molecule has 1 fully saturated rings. The number of amides is 3. The van der Waals surface area contributed by atoms with Crippen LogP contribution >= 0.6 is 0 Å². The lowest BCUT2D eigenvalue weighted by Crippen LogP contribution is -2.44. The van der Waals surface area contributed by atoms with Gasteiger partial charge in [0.05, 0.1) is 11.9 Å². The maximum absolute atomic E-state index is 11.8. The molecule has 7 nitrogen and oxygen atoms in total. The van der Waals surface area contributed by atoms with Crippen molar-refractivity contribution in [2.75, 3.05) is 23.3 Å². The average Bonchev–Trinajstić information content (AvgIpc) is 2.92. The molecule has 1 aromatic heterocycles. The average molecular weight is 277 g/mol. The Morgan fingerprint density at radius 1 is 1.35 bits per heavy atom. The number of nitrogens with two attached hydrogens (primary N) is 1. The summed E-state index contributed by atoms with van der Waals surface area (Å²) in [5.74, 6) is 0.586. The van der Waals surface area contributed by atoms with E-state index in [9.17, 15) is 9.59 Å². The molecule has 1 atom stereocenters. The van der Waals surface area contributed by atoms with E-state index in [-0.39, 0.29) is 5.91 Å². The van der Waals surface area contributed by atoms with Gasteiger partial charge < -0.3 is 21.3 Å². The van der Waals surface area contributed by atoms with Gasteiger partial charge in [0, 0.05) is 13.1 Å². The van der Waals surface area contributed by atoms with E-state index in [2.05, 4.69) is 20.5 Å². The third-order valence-electron chi connectivity index (χ3n) is 3.20. The molecule has 0 radical (unpaired) electrons. The number of rotatable bonds is 4. The summed E-state index contributed by atoms with van der Waals surface area (Å²) in [7, 11) is 0. The van der Waals surface area contributed by atoms with Crippen LogP contribution < -0.4 is 21.3 Å². The van der Waals surface area contributed by atoms with Gasteiger partial charge in [0.25, 0.3) is 0 Å². The van der Waals surface area contributed by atoms with Gasteiger partial charge in [-0.15, -0.1) is 0 Å². The Hall–Kier alpha value is -2.31. The zero-order valence-electron chi connectivity index (χ0n) is 11.4. The maximum Gasteiger partial charge on any atom is 0.312 e.